The van der Waals surface area contributed by atoms with Gasteiger partial charge in [-0.3, -0.25) is 9.11 Å². The minimum absolute atomic E-state index is 0.644. The zero-order valence-corrected chi connectivity index (χ0v) is 13.8. The lowest BCUT2D eigenvalue weighted by Crippen LogP contribution is -2.32. The zero-order chi connectivity index (χ0) is 15.4. The van der Waals surface area contributed by atoms with Crippen molar-refractivity contribution in [2.24, 2.45) is 0 Å². The maximum absolute atomic E-state index is 11.5. The summed E-state index contributed by atoms with van der Waals surface area (Å²) in [6.07, 6.45) is 8.67. The lowest BCUT2D eigenvalue weighted by molar-refractivity contribution is 0.167. The molecule has 1 atom stereocenters. The highest BCUT2D eigenvalue weighted by Crippen LogP contribution is 2.26. The van der Waals surface area contributed by atoms with E-state index < -0.39 is 10.8 Å². The summed E-state index contributed by atoms with van der Waals surface area (Å²) in [6.45, 7) is 1.78. The highest BCUT2D eigenvalue weighted by molar-refractivity contribution is 7.84. The van der Waals surface area contributed by atoms with Gasteiger partial charge in [-0.2, -0.15) is 0 Å². The fourth-order valence-electron chi connectivity index (χ4n) is 3.21. The van der Waals surface area contributed by atoms with Crippen molar-refractivity contribution in [2.75, 3.05) is 6.26 Å². The molecule has 3 nitrogen and oxygen atoms in total. The molecule has 0 aliphatic heterocycles. The molecule has 0 bridgehead atoms. The van der Waals surface area contributed by atoms with E-state index in [2.05, 4.69) is 17.0 Å². The van der Waals surface area contributed by atoms with Crippen molar-refractivity contribution < 1.29 is 8.63 Å². The topological polar surface area (TPSA) is 33.5 Å². The predicted molar refractivity (Wildman–Crippen MR) is 89.0 cm³/mol. The summed E-state index contributed by atoms with van der Waals surface area (Å²) in [5, 5.41) is 0. The van der Waals surface area contributed by atoms with E-state index in [9.17, 15) is 4.21 Å². The molecule has 1 aliphatic carbocycles. The minimum Gasteiger partial charge on any atom is -0.468 e. The van der Waals surface area contributed by atoms with Crippen molar-refractivity contribution in [2.45, 2.75) is 49.7 Å². The van der Waals surface area contributed by atoms with E-state index in [1.807, 2.05) is 24.3 Å². The van der Waals surface area contributed by atoms with E-state index in [-0.39, 0.29) is 0 Å². The first kappa shape index (κ1) is 15.5. The van der Waals surface area contributed by atoms with E-state index in [1.54, 1.807) is 12.5 Å². The number of benzene rings is 1. The average molecular weight is 317 g/mol. The van der Waals surface area contributed by atoms with Crippen molar-refractivity contribution in [3.8, 4) is 0 Å². The molecule has 1 heterocycles. The maximum atomic E-state index is 11.5. The van der Waals surface area contributed by atoms with Crippen LogP contribution in [0.2, 0.25) is 0 Å². The van der Waals surface area contributed by atoms with Gasteiger partial charge in [0.05, 0.1) is 12.8 Å². The molecule has 1 aromatic carbocycles. The standard InChI is InChI=1S/C18H23NO2S/c1-22(20)18-10-8-15(9-11-18)13-19(16-5-2-3-6-16)14-17-7-4-12-21-17/h4,7-12,16H,2-3,5-6,13-14H2,1H3/t22-/m1/s1. The van der Waals surface area contributed by atoms with Crippen LogP contribution >= 0.6 is 0 Å². The quantitative estimate of drug-likeness (QED) is 0.808. The van der Waals surface area contributed by atoms with Gasteiger partial charge < -0.3 is 4.42 Å². The van der Waals surface area contributed by atoms with Gasteiger partial charge in [0.25, 0.3) is 0 Å². The van der Waals surface area contributed by atoms with Gasteiger partial charge >= 0.3 is 0 Å². The van der Waals surface area contributed by atoms with Gasteiger partial charge in [0.2, 0.25) is 0 Å². The van der Waals surface area contributed by atoms with Gasteiger partial charge in [-0.1, -0.05) is 25.0 Å². The van der Waals surface area contributed by atoms with Crippen LogP contribution in [0.3, 0.4) is 0 Å². The SMILES string of the molecule is C[S@@](=O)c1ccc(CN(Cc2ccco2)C2CCCC2)cc1. The summed E-state index contributed by atoms with van der Waals surface area (Å²) in [7, 11) is -0.907. The fraction of sp³-hybridized carbons (Fsp3) is 0.444. The third-order valence-electron chi connectivity index (χ3n) is 4.42. The predicted octanol–water partition coefficient (Wildman–Crippen LogP) is 3.96. The van der Waals surface area contributed by atoms with Crippen molar-refractivity contribution in [3.63, 3.8) is 0 Å². The number of rotatable bonds is 6. The zero-order valence-electron chi connectivity index (χ0n) is 13.0. The van der Waals surface area contributed by atoms with Crippen LogP contribution in [0.5, 0.6) is 0 Å². The fourth-order valence-corrected chi connectivity index (χ4v) is 3.73. The Bertz CT molecular complexity index is 601. The summed E-state index contributed by atoms with van der Waals surface area (Å²) in [6, 6.07) is 12.8. The van der Waals surface area contributed by atoms with Crippen LogP contribution in [0.15, 0.2) is 52.0 Å². The van der Waals surface area contributed by atoms with Crippen LogP contribution in [0, 0.1) is 0 Å². The Morgan fingerprint density at radius 3 is 2.45 bits per heavy atom. The van der Waals surface area contributed by atoms with Crippen LogP contribution in [-0.4, -0.2) is 21.4 Å². The summed E-state index contributed by atoms with van der Waals surface area (Å²) >= 11 is 0. The second kappa shape index (κ2) is 7.25. The molecular formula is C18H23NO2S. The first-order valence-electron chi connectivity index (χ1n) is 7.91. The maximum Gasteiger partial charge on any atom is 0.117 e. The van der Waals surface area contributed by atoms with Crippen LogP contribution in [-0.2, 0) is 23.9 Å². The molecule has 0 radical (unpaired) electrons. The Morgan fingerprint density at radius 1 is 1.14 bits per heavy atom. The van der Waals surface area contributed by atoms with Gasteiger partial charge in [0.1, 0.15) is 5.76 Å². The Balaban J connectivity index is 1.72. The lowest BCUT2D eigenvalue weighted by Gasteiger charge is -2.28. The first-order valence-corrected chi connectivity index (χ1v) is 9.47. The summed E-state index contributed by atoms with van der Waals surface area (Å²) < 4.78 is 17.0. The van der Waals surface area contributed by atoms with Gasteiger partial charge in [0, 0.05) is 34.5 Å². The third-order valence-corrected chi connectivity index (χ3v) is 5.36. The van der Waals surface area contributed by atoms with Crippen LogP contribution in [0.1, 0.15) is 37.0 Å². The number of hydrogen-bond donors (Lipinski definition) is 0. The highest BCUT2D eigenvalue weighted by atomic mass is 32.2. The molecule has 1 aliphatic rings. The molecule has 4 heteroatoms. The first-order chi connectivity index (χ1) is 10.7. The molecule has 118 valence electrons. The number of nitrogens with zero attached hydrogens (tertiary/aromatic N) is 1. The molecule has 0 spiro atoms. The molecule has 1 fully saturated rings. The Hall–Kier alpha value is -1.39. The smallest absolute Gasteiger partial charge is 0.117 e. The van der Waals surface area contributed by atoms with E-state index in [4.69, 9.17) is 4.42 Å². The van der Waals surface area contributed by atoms with Crippen LogP contribution in [0.4, 0.5) is 0 Å². The van der Waals surface area contributed by atoms with E-state index in [0.717, 1.165) is 23.7 Å². The van der Waals surface area contributed by atoms with Crippen molar-refractivity contribution >= 4 is 10.8 Å². The Kier molecular flexibility index (Phi) is 5.11. The minimum atomic E-state index is -0.907. The molecule has 3 rings (SSSR count). The van der Waals surface area contributed by atoms with Gasteiger partial charge in [-0.25, -0.2) is 0 Å². The molecule has 2 aromatic rings. The molecule has 0 amide bonds. The molecular weight excluding hydrogens is 294 g/mol. The molecule has 1 saturated carbocycles. The van der Waals surface area contributed by atoms with E-state index in [0.29, 0.717) is 6.04 Å². The summed E-state index contributed by atoms with van der Waals surface area (Å²) in [4.78, 5) is 3.41. The second-order valence-electron chi connectivity index (χ2n) is 6.02. The van der Waals surface area contributed by atoms with Crippen LogP contribution < -0.4 is 0 Å². The molecule has 0 saturated heterocycles. The second-order valence-corrected chi connectivity index (χ2v) is 7.40. The van der Waals surface area contributed by atoms with E-state index >= 15 is 0 Å². The molecule has 0 N–H and O–H groups in total. The Labute approximate surface area is 134 Å². The Morgan fingerprint density at radius 2 is 1.86 bits per heavy atom. The van der Waals surface area contributed by atoms with E-state index in [1.165, 1.54) is 31.2 Å². The third kappa shape index (κ3) is 3.87. The summed E-state index contributed by atoms with van der Waals surface area (Å²) in [5.41, 5.74) is 1.27. The number of furan rings is 1. The van der Waals surface area contributed by atoms with Gasteiger partial charge in [-0.15, -0.1) is 0 Å². The van der Waals surface area contributed by atoms with Crippen LogP contribution in [0.25, 0.3) is 0 Å². The average Bonchev–Trinajstić information content (AvgIpc) is 3.20. The molecule has 0 unspecified atom stereocenters. The lowest BCUT2D eigenvalue weighted by atomic mass is 10.1. The molecule has 22 heavy (non-hydrogen) atoms. The largest absolute Gasteiger partial charge is 0.468 e. The van der Waals surface area contributed by atoms with Crippen molar-refractivity contribution in [1.82, 2.24) is 4.90 Å². The molecule has 1 aromatic heterocycles. The van der Waals surface area contributed by atoms with Gasteiger partial charge in [-0.05, 0) is 42.7 Å². The van der Waals surface area contributed by atoms with Crippen molar-refractivity contribution in [3.05, 3.63) is 54.0 Å². The van der Waals surface area contributed by atoms with Gasteiger partial charge in [0.15, 0.2) is 0 Å². The normalized spacial score (nSPS) is 17.2. The highest BCUT2D eigenvalue weighted by Gasteiger charge is 2.23. The van der Waals surface area contributed by atoms with Crippen molar-refractivity contribution in [1.29, 1.82) is 0 Å². The summed E-state index contributed by atoms with van der Waals surface area (Å²) in [5.74, 6) is 1.03. The monoisotopic (exact) mass is 317 g/mol. The number of hydrogen-bond acceptors (Lipinski definition) is 3.